The van der Waals surface area contributed by atoms with Gasteiger partial charge in [-0.2, -0.15) is 13.2 Å². The van der Waals surface area contributed by atoms with Crippen molar-refractivity contribution in [2.24, 2.45) is 0 Å². The summed E-state index contributed by atoms with van der Waals surface area (Å²) in [5.41, 5.74) is 0.907. The Morgan fingerprint density at radius 3 is 2.72 bits per heavy atom. The summed E-state index contributed by atoms with van der Waals surface area (Å²) in [6, 6.07) is 12.7. The van der Waals surface area contributed by atoms with Gasteiger partial charge in [0.25, 0.3) is 0 Å². The van der Waals surface area contributed by atoms with Crippen LogP contribution in [0.4, 0.5) is 24.5 Å². The Labute approximate surface area is 169 Å². The molecule has 0 spiro atoms. The summed E-state index contributed by atoms with van der Waals surface area (Å²) < 4.78 is 38.9. The number of carbonyl (C=O) groups is 1. The van der Waals surface area contributed by atoms with E-state index in [0.717, 1.165) is 29.1 Å². The molecule has 0 saturated heterocycles. The van der Waals surface area contributed by atoms with E-state index in [0.29, 0.717) is 17.5 Å². The Bertz CT molecular complexity index is 990. The Morgan fingerprint density at radius 1 is 1.17 bits per heavy atom. The number of rotatable bonds is 7. The Balaban J connectivity index is 1.51. The highest BCUT2D eigenvalue weighted by Crippen LogP contribution is 2.34. The summed E-state index contributed by atoms with van der Waals surface area (Å²) in [4.78, 5) is 16.3. The number of amides is 1. The van der Waals surface area contributed by atoms with Gasteiger partial charge in [-0.05, 0) is 36.8 Å². The lowest BCUT2D eigenvalue weighted by Crippen LogP contribution is -2.18. The van der Waals surface area contributed by atoms with Crippen molar-refractivity contribution in [3.63, 3.8) is 0 Å². The quantitative estimate of drug-likeness (QED) is 0.490. The Kier molecular flexibility index (Phi) is 6.42. The summed E-state index contributed by atoms with van der Waals surface area (Å²) in [6.07, 6.45) is -4.54. The number of thioether (sulfide) groups is 1. The van der Waals surface area contributed by atoms with Gasteiger partial charge in [0.1, 0.15) is 5.82 Å². The van der Waals surface area contributed by atoms with Crippen LogP contribution in [0.1, 0.15) is 17.0 Å². The average Bonchev–Trinajstić information content (AvgIpc) is 3.12. The van der Waals surface area contributed by atoms with Gasteiger partial charge in [-0.1, -0.05) is 36.0 Å². The number of aromatic amines is 1. The molecule has 0 fully saturated rings. The highest BCUT2D eigenvalue weighted by Gasteiger charge is 2.33. The summed E-state index contributed by atoms with van der Waals surface area (Å²) in [5, 5.41) is 12.6. The number of H-pyrrole nitrogens is 1. The number of anilines is 2. The van der Waals surface area contributed by atoms with Crippen LogP contribution in [0, 0.1) is 6.92 Å². The van der Waals surface area contributed by atoms with Crippen molar-refractivity contribution in [2.75, 3.05) is 16.4 Å². The summed E-state index contributed by atoms with van der Waals surface area (Å²) in [6.45, 7) is 2.41. The van der Waals surface area contributed by atoms with Crippen LogP contribution in [0.25, 0.3) is 0 Å². The van der Waals surface area contributed by atoms with Gasteiger partial charge in [0.05, 0.1) is 23.5 Å². The molecule has 0 saturated carbocycles. The zero-order valence-corrected chi connectivity index (χ0v) is 16.2. The van der Waals surface area contributed by atoms with Gasteiger partial charge in [-0.25, -0.2) is 4.98 Å². The van der Waals surface area contributed by atoms with E-state index >= 15 is 0 Å². The second-order valence-electron chi connectivity index (χ2n) is 6.17. The highest BCUT2D eigenvalue weighted by atomic mass is 32.2. The van der Waals surface area contributed by atoms with Gasteiger partial charge in [-0.15, -0.1) is 5.10 Å². The maximum Gasteiger partial charge on any atom is 0.418 e. The fraction of sp³-hybridized carbons (Fsp3) is 0.211. The van der Waals surface area contributed by atoms with Crippen molar-refractivity contribution in [2.45, 2.75) is 24.8 Å². The number of hydrogen-bond acceptors (Lipinski definition) is 5. The minimum Gasteiger partial charge on any atom is -0.378 e. The third-order valence-corrected chi connectivity index (χ3v) is 4.68. The molecular formula is C19H18F3N5OS. The van der Waals surface area contributed by atoms with Crippen molar-refractivity contribution in [1.29, 1.82) is 0 Å². The van der Waals surface area contributed by atoms with Gasteiger partial charge in [0, 0.05) is 5.69 Å². The van der Waals surface area contributed by atoms with E-state index in [1.165, 1.54) is 18.2 Å². The second-order valence-corrected chi connectivity index (χ2v) is 7.11. The van der Waals surface area contributed by atoms with E-state index in [2.05, 4.69) is 25.8 Å². The van der Waals surface area contributed by atoms with Crippen molar-refractivity contribution < 1.29 is 18.0 Å². The SMILES string of the molecule is Cc1cccc(NCc2nc(SCC(=O)Nc3ccccc3C(F)(F)F)n[nH]2)c1. The summed E-state index contributed by atoms with van der Waals surface area (Å²) >= 11 is 1.03. The van der Waals surface area contributed by atoms with Crippen LogP contribution in [0.5, 0.6) is 0 Å². The molecule has 6 nitrogen and oxygen atoms in total. The molecule has 3 N–H and O–H groups in total. The molecule has 2 aromatic carbocycles. The molecule has 29 heavy (non-hydrogen) atoms. The van der Waals surface area contributed by atoms with Gasteiger partial charge >= 0.3 is 6.18 Å². The molecule has 3 rings (SSSR count). The predicted octanol–water partition coefficient (Wildman–Crippen LogP) is 4.47. The lowest BCUT2D eigenvalue weighted by molar-refractivity contribution is -0.137. The van der Waals surface area contributed by atoms with Crippen molar-refractivity contribution in [3.05, 3.63) is 65.5 Å². The number of aryl methyl sites for hydroxylation is 1. The third kappa shape index (κ3) is 5.98. The number of hydrogen-bond donors (Lipinski definition) is 3. The van der Waals surface area contributed by atoms with Crippen molar-refractivity contribution in [3.8, 4) is 0 Å². The van der Waals surface area contributed by atoms with Crippen molar-refractivity contribution in [1.82, 2.24) is 15.2 Å². The molecular weight excluding hydrogens is 403 g/mol. The van der Waals surface area contributed by atoms with E-state index < -0.39 is 17.6 Å². The summed E-state index contributed by atoms with van der Waals surface area (Å²) in [7, 11) is 0. The molecule has 10 heteroatoms. The van der Waals surface area contributed by atoms with E-state index in [4.69, 9.17) is 0 Å². The number of carbonyl (C=O) groups excluding carboxylic acids is 1. The largest absolute Gasteiger partial charge is 0.418 e. The van der Waals surface area contributed by atoms with Gasteiger partial charge in [-0.3, -0.25) is 9.89 Å². The average molecular weight is 421 g/mol. The Hall–Kier alpha value is -3.01. The third-order valence-electron chi connectivity index (χ3n) is 3.83. The number of aromatic nitrogens is 3. The molecule has 0 atom stereocenters. The van der Waals surface area contributed by atoms with Crippen LogP contribution in [-0.2, 0) is 17.5 Å². The first kappa shape index (κ1) is 20.7. The van der Waals surface area contributed by atoms with Crippen LogP contribution in [0.2, 0.25) is 0 Å². The highest BCUT2D eigenvalue weighted by molar-refractivity contribution is 7.99. The minimum absolute atomic E-state index is 0.116. The summed E-state index contributed by atoms with van der Waals surface area (Å²) in [5.74, 6) is -0.109. The normalized spacial score (nSPS) is 11.3. The fourth-order valence-electron chi connectivity index (χ4n) is 2.52. The molecule has 0 aliphatic rings. The maximum atomic E-state index is 13.0. The van der Waals surface area contributed by atoms with Crippen LogP contribution in [0.3, 0.4) is 0 Å². The van der Waals surface area contributed by atoms with Crippen LogP contribution < -0.4 is 10.6 Å². The second kappa shape index (κ2) is 8.99. The molecule has 0 aliphatic carbocycles. The molecule has 1 aromatic heterocycles. The zero-order chi connectivity index (χ0) is 20.9. The minimum atomic E-state index is -4.54. The monoisotopic (exact) mass is 421 g/mol. The number of halogens is 3. The molecule has 3 aromatic rings. The first-order chi connectivity index (χ1) is 13.8. The van der Waals surface area contributed by atoms with Gasteiger partial charge < -0.3 is 10.6 Å². The number of alkyl halides is 3. The van der Waals surface area contributed by atoms with Gasteiger partial charge in [0.15, 0.2) is 0 Å². The van der Waals surface area contributed by atoms with Crippen LogP contribution in [-0.4, -0.2) is 26.8 Å². The molecule has 0 unspecified atom stereocenters. The van der Waals surface area contributed by atoms with Crippen molar-refractivity contribution >= 4 is 29.0 Å². The molecule has 1 heterocycles. The molecule has 0 bridgehead atoms. The molecule has 1 amide bonds. The van der Waals surface area contributed by atoms with Crippen LogP contribution >= 0.6 is 11.8 Å². The van der Waals surface area contributed by atoms with E-state index in [-0.39, 0.29) is 11.4 Å². The molecule has 0 aliphatic heterocycles. The fourth-order valence-corrected chi connectivity index (χ4v) is 3.14. The van der Waals surface area contributed by atoms with E-state index in [1.54, 1.807) is 0 Å². The lowest BCUT2D eigenvalue weighted by Gasteiger charge is -2.13. The number of nitrogens with zero attached hydrogens (tertiary/aromatic N) is 2. The maximum absolute atomic E-state index is 13.0. The topological polar surface area (TPSA) is 82.7 Å². The lowest BCUT2D eigenvalue weighted by atomic mass is 10.1. The smallest absolute Gasteiger partial charge is 0.378 e. The van der Waals surface area contributed by atoms with Crippen LogP contribution in [0.15, 0.2) is 53.7 Å². The first-order valence-electron chi connectivity index (χ1n) is 8.62. The van der Waals surface area contributed by atoms with E-state index in [9.17, 15) is 18.0 Å². The van der Waals surface area contributed by atoms with E-state index in [1.807, 2.05) is 31.2 Å². The van der Waals surface area contributed by atoms with Gasteiger partial charge in [0.2, 0.25) is 11.1 Å². The Morgan fingerprint density at radius 2 is 1.97 bits per heavy atom. The number of para-hydroxylation sites is 1. The number of benzene rings is 2. The number of nitrogens with one attached hydrogen (secondary N) is 3. The standard InChI is InChI=1S/C19H18F3N5OS/c1-12-5-4-6-13(9-12)23-10-16-25-18(27-26-16)29-11-17(28)24-15-8-3-2-7-14(15)19(20,21)22/h2-9,23H,10-11H2,1H3,(H,24,28)(H,25,26,27). The molecule has 152 valence electrons. The first-order valence-corrected chi connectivity index (χ1v) is 9.60. The molecule has 0 radical (unpaired) electrons. The zero-order valence-electron chi connectivity index (χ0n) is 15.4. The predicted molar refractivity (Wildman–Crippen MR) is 106 cm³/mol.